The van der Waals surface area contributed by atoms with Crippen LogP contribution in [0, 0.1) is 23.1 Å². The van der Waals surface area contributed by atoms with Gasteiger partial charge in [-0.15, -0.1) is 0 Å². The van der Waals surface area contributed by atoms with Crippen molar-refractivity contribution in [2.24, 2.45) is 5.92 Å². The van der Waals surface area contributed by atoms with Crippen molar-refractivity contribution in [1.29, 1.82) is 5.26 Å². The second-order valence-electron chi connectivity index (χ2n) is 5.30. The number of rotatable bonds is 3. The number of sulfonamides is 1. The van der Waals surface area contributed by atoms with Gasteiger partial charge in [0.25, 0.3) is 0 Å². The Morgan fingerprint density at radius 2 is 2.19 bits per heavy atom. The summed E-state index contributed by atoms with van der Waals surface area (Å²) in [5.41, 5.74) is -0.292. The maximum absolute atomic E-state index is 13.3. The monoisotopic (exact) mass is 312 g/mol. The number of halogens is 1. The minimum absolute atomic E-state index is 0.0639. The zero-order valence-electron chi connectivity index (χ0n) is 11.7. The van der Waals surface area contributed by atoms with Crippen molar-refractivity contribution < 1.29 is 17.9 Å². The van der Waals surface area contributed by atoms with Crippen LogP contribution in [0.1, 0.15) is 25.3 Å². The van der Waals surface area contributed by atoms with E-state index < -0.39 is 15.8 Å². The summed E-state index contributed by atoms with van der Waals surface area (Å²) in [6, 6.07) is 4.67. The predicted octanol–water partition coefficient (Wildman–Crippen LogP) is 1.48. The number of aliphatic hydroxyl groups excluding tert-OH is 1. The Morgan fingerprint density at radius 1 is 1.48 bits per heavy atom. The summed E-state index contributed by atoms with van der Waals surface area (Å²) in [5.74, 6) is -0.830. The summed E-state index contributed by atoms with van der Waals surface area (Å²) >= 11 is 0. The van der Waals surface area contributed by atoms with Crippen LogP contribution in [-0.4, -0.2) is 37.0 Å². The Bertz CT molecular complexity index is 669. The summed E-state index contributed by atoms with van der Waals surface area (Å²) in [4.78, 5) is -0.0918. The third-order valence-electron chi connectivity index (χ3n) is 3.85. The number of piperidine rings is 1. The Labute approximate surface area is 123 Å². The quantitative estimate of drug-likeness (QED) is 0.916. The molecule has 0 spiro atoms. The summed E-state index contributed by atoms with van der Waals surface area (Å²) in [6.45, 7) is 1.98. The topological polar surface area (TPSA) is 81.4 Å². The van der Waals surface area contributed by atoms with Crippen LogP contribution in [-0.2, 0) is 10.0 Å². The summed E-state index contributed by atoms with van der Waals surface area (Å²) in [7, 11) is -3.80. The van der Waals surface area contributed by atoms with Crippen LogP contribution in [0.5, 0.6) is 0 Å². The molecule has 5 nitrogen and oxygen atoms in total. The summed E-state index contributed by atoms with van der Waals surface area (Å²) in [6.07, 6.45) is 1.44. The first-order valence-corrected chi connectivity index (χ1v) is 8.16. The van der Waals surface area contributed by atoms with Crippen molar-refractivity contribution in [3.05, 3.63) is 29.6 Å². The molecule has 2 rings (SSSR count). The van der Waals surface area contributed by atoms with Gasteiger partial charge in [0.1, 0.15) is 11.9 Å². The average molecular weight is 312 g/mol. The Morgan fingerprint density at radius 3 is 2.81 bits per heavy atom. The lowest BCUT2D eigenvalue weighted by molar-refractivity contribution is 0.139. The highest BCUT2D eigenvalue weighted by Crippen LogP contribution is 2.28. The van der Waals surface area contributed by atoms with E-state index in [9.17, 15) is 17.9 Å². The molecule has 0 aromatic heterocycles. The molecule has 1 fully saturated rings. The van der Waals surface area contributed by atoms with Crippen molar-refractivity contribution in [2.45, 2.75) is 30.7 Å². The fourth-order valence-corrected chi connectivity index (χ4v) is 4.28. The normalized spacial score (nSPS) is 23.7. The SMILES string of the molecule is CC1CCC(CO)CN1S(=O)(=O)c1ccc(F)c(C#N)c1. The largest absolute Gasteiger partial charge is 0.396 e. The highest BCUT2D eigenvalue weighted by atomic mass is 32.2. The van der Waals surface area contributed by atoms with Crippen LogP contribution < -0.4 is 0 Å². The molecule has 2 unspecified atom stereocenters. The molecule has 1 N–H and O–H groups in total. The number of hydrogen-bond donors (Lipinski definition) is 1. The minimum Gasteiger partial charge on any atom is -0.396 e. The zero-order valence-corrected chi connectivity index (χ0v) is 12.5. The second-order valence-corrected chi connectivity index (χ2v) is 7.19. The Kier molecular flexibility index (Phi) is 4.61. The van der Waals surface area contributed by atoms with Crippen LogP contribution in [0.3, 0.4) is 0 Å². The molecule has 7 heteroatoms. The molecular weight excluding hydrogens is 295 g/mol. The third kappa shape index (κ3) is 3.07. The van der Waals surface area contributed by atoms with Gasteiger partial charge in [0, 0.05) is 19.2 Å². The molecule has 1 saturated heterocycles. The molecule has 0 radical (unpaired) electrons. The number of nitrogens with zero attached hydrogens (tertiary/aromatic N) is 2. The molecule has 0 aliphatic carbocycles. The molecule has 1 aliphatic rings. The van der Waals surface area contributed by atoms with Crippen LogP contribution in [0.4, 0.5) is 4.39 Å². The maximum Gasteiger partial charge on any atom is 0.243 e. The van der Waals surface area contributed by atoms with E-state index in [1.54, 1.807) is 13.0 Å². The molecule has 1 aromatic rings. The standard InChI is InChI=1S/C14H17FN2O3S/c1-10-2-3-11(9-18)8-17(10)21(19,20)13-4-5-14(15)12(6-13)7-16/h4-6,10-11,18H,2-3,8-9H2,1H3. The van der Waals surface area contributed by atoms with Crippen LogP contribution >= 0.6 is 0 Å². The van der Waals surface area contributed by atoms with Crippen LogP contribution in [0.2, 0.25) is 0 Å². The summed E-state index contributed by atoms with van der Waals surface area (Å²) < 4.78 is 40.0. The average Bonchev–Trinajstić information content (AvgIpc) is 2.47. The smallest absolute Gasteiger partial charge is 0.243 e. The maximum atomic E-state index is 13.3. The van der Waals surface area contributed by atoms with E-state index >= 15 is 0 Å². The van der Waals surface area contributed by atoms with Gasteiger partial charge in [0.2, 0.25) is 10.0 Å². The lowest BCUT2D eigenvalue weighted by atomic mass is 9.96. The van der Waals surface area contributed by atoms with E-state index in [1.807, 2.05) is 0 Å². The van der Waals surface area contributed by atoms with Gasteiger partial charge in [0.15, 0.2) is 0 Å². The van der Waals surface area contributed by atoms with E-state index in [0.29, 0.717) is 6.42 Å². The van der Waals surface area contributed by atoms with Crippen molar-refractivity contribution in [2.75, 3.05) is 13.2 Å². The number of aliphatic hydroxyl groups is 1. The molecule has 1 heterocycles. The molecular formula is C14H17FN2O3S. The second kappa shape index (κ2) is 6.10. The molecule has 0 amide bonds. The van der Waals surface area contributed by atoms with Gasteiger partial charge in [0.05, 0.1) is 10.5 Å². The van der Waals surface area contributed by atoms with Crippen molar-refractivity contribution >= 4 is 10.0 Å². The molecule has 114 valence electrons. The first kappa shape index (κ1) is 15.9. The highest BCUT2D eigenvalue weighted by molar-refractivity contribution is 7.89. The van der Waals surface area contributed by atoms with Crippen LogP contribution in [0.15, 0.2) is 23.1 Å². The molecule has 0 bridgehead atoms. The Hall–Kier alpha value is -1.49. The molecule has 2 atom stereocenters. The lowest BCUT2D eigenvalue weighted by Gasteiger charge is -2.36. The van der Waals surface area contributed by atoms with Crippen molar-refractivity contribution in [1.82, 2.24) is 4.31 Å². The van der Waals surface area contributed by atoms with E-state index in [0.717, 1.165) is 18.6 Å². The lowest BCUT2D eigenvalue weighted by Crippen LogP contribution is -2.46. The third-order valence-corrected chi connectivity index (χ3v) is 5.82. The van der Waals surface area contributed by atoms with Gasteiger partial charge in [-0.1, -0.05) is 0 Å². The number of nitriles is 1. The zero-order chi connectivity index (χ0) is 15.6. The first-order valence-electron chi connectivity index (χ1n) is 6.72. The van der Waals surface area contributed by atoms with E-state index in [4.69, 9.17) is 5.26 Å². The van der Waals surface area contributed by atoms with E-state index in [1.165, 1.54) is 10.4 Å². The van der Waals surface area contributed by atoms with Gasteiger partial charge in [-0.25, -0.2) is 12.8 Å². The number of hydrogen-bond acceptors (Lipinski definition) is 4. The Balaban J connectivity index is 2.39. The first-order chi connectivity index (χ1) is 9.90. The number of benzene rings is 1. The van der Waals surface area contributed by atoms with Gasteiger partial charge < -0.3 is 5.11 Å². The predicted molar refractivity (Wildman–Crippen MR) is 74.3 cm³/mol. The fraction of sp³-hybridized carbons (Fsp3) is 0.500. The van der Waals surface area contributed by atoms with Crippen LogP contribution in [0.25, 0.3) is 0 Å². The van der Waals surface area contributed by atoms with Gasteiger partial charge in [-0.05, 0) is 43.9 Å². The van der Waals surface area contributed by atoms with Gasteiger partial charge in [-0.2, -0.15) is 9.57 Å². The van der Waals surface area contributed by atoms with Gasteiger partial charge in [-0.3, -0.25) is 0 Å². The van der Waals surface area contributed by atoms with E-state index in [-0.39, 0.29) is 35.6 Å². The molecule has 0 saturated carbocycles. The fourth-order valence-electron chi connectivity index (χ4n) is 2.52. The van der Waals surface area contributed by atoms with Gasteiger partial charge >= 0.3 is 0 Å². The van der Waals surface area contributed by atoms with Crippen molar-refractivity contribution in [3.63, 3.8) is 0 Å². The highest BCUT2D eigenvalue weighted by Gasteiger charge is 2.34. The van der Waals surface area contributed by atoms with E-state index in [2.05, 4.69) is 0 Å². The van der Waals surface area contributed by atoms with Crippen molar-refractivity contribution in [3.8, 4) is 6.07 Å². The minimum atomic E-state index is -3.80. The molecule has 1 aliphatic heterocycles. The molecule has 21 heavy (non-hydrogen) atoms. The summed E-state index contributed by atoms with van der Waals surface area (Å²) in [5, 5.41) is 18.1. The molecule has 1 aromatic carbocycles.